The Morgan fingerprint density at radius 3 is 2.63 bits per heavy atom. The summed E-state index contributed by atoms with van der Waals surface area (Å²) in [6.07, 6.45) is 4.63. The van der Waals surface area contributed by atoms with Gasteiger partial charge in [0, 0.05) is 18.9 Å². The van der Waals surface area contributed by atoms with Crippen LogP contribution in [0.4, 0.5) is 0 Å². The molecule has 1 N–H and O–H groups in total. The zero-order valence-electron chi connectivity index (χ0n) is 10.7. The van der Waals surface area contributed by atoms with Crippen LogP contribution in [0.15, 0.2) is 48.8 Å². The van der Waals surface area contributed by atoms with E-state index in [2.05, 4.69) is 10.3 Å². The molecule has 4 heteroatoms. The van der Waals surface area contributed by atoms with Gasteiger partial charge in [-0.15, -0.1) is 0 Å². The molecule has 0 aliphatic carbocycles. The third-order valence-electron chi connectivity index (χ3n) is 2.71. The molecule has 0 bridgehead atoms. The number of ether oxygens (including phenoxy) is 1. The first-order valence-corrected chi connectivity index (χ1v) is 6.71. The van der Waals surface area contributed by atoms with E-state index >= 15 is 0 Å². The van der Waals surface area contributed by atoms with Crippen LogP contribution < -0.4 is 10.1 Å². The Labute approximate surface area is 118 Å². The maximum absolute atomic E-state index is 5.99. The van der Waals surface area contributed by atoms with Gasteiger partial charge in [0.1, 0.15) is 12.4 Å². The summed E-state index contributed by atoms with van der Waals surface area (Å²) < 4.78 is 5.58. The van der Waals surface area contributed by atoms with E-state index in [0.29, 0.717) is 11.6 Å². The van der Waals surface area contributed by atoms with Crippen molar-refractivity contribution in [1.29, 1.82) is 0 Å². The molecule has 0 radical (unpaired) electrons. The number of rotatable bonds is 7. The molecular weight excluding hydrogens is 260 g/mol. The Kier molecular flexibility index (Phi) is 5.66. The van der Waals surface area contributed by atoms with E-state index in [-0.39, 0.29) is 0 Å². The molecule has 0 aliphatic heterocycles. The van der Waals surface area contributed by atoms with E-state index in [1.54, 1.807) is 0 Å². The topological polar surface area (TPSA) is 34.1 Å². The molecule has 0 amide bonds. The lowest BCUT2D eigenvalue weighted by molar-refractivity contribution is 0.314. The van der Waals surface area contributed by atoms with Crippen LogP contribution in [-0.4, -0.2) is 24.7 Å². The molecule has 0 aliphatic rings. The van der Waals surface area contributed by atoms with Gasteiger partial charge in [-0.05, 0) is 42.8 Å². The lowest BCUT2D eigenvalue weighted by atomic mass is 10.2. The van der Waals surface area contributed by atoms with E-state index in [9.17, 15) is 0 Å². The third kappa shape index (κ3) is 4.89. The van der Waals surface area contributed by atoms with Crippen molar-refractivity contribution in [2.45, 2.75) is 6.42 Å². The minimum absolute atomic E-state index is 0.611. The van der Waals surface area contributed by atoms with Gasteiger partial charge in [0.25, 0.3) is 0 Å². The standard InChI is InChI=1S/C15H17ClN2O/c16-14-3-1-2-4-15(14)19-12-11-18-10-7-13-5-8-17-9-6-13/h1-6,8-9,18H,7,10-12H2. The van der Waals surface area contributed by atoms with Crippen LogP contribution in [0.5, 0.6) is 5.75 Å². The number of nitrogens with one attached hydrogen (secondary N) is 1. The molecular formula is C15H17ClN2O. The van der Waals surface area contributed by atoms with Gasteiger partial charge in [0.15, 0.2) is 0 Å². The normalized spacial score (nSPS) is 10.4. The number of hydrogen-bond donors (Lipinski definition) is 1. The van der Waals surface area contributed by atoms with Crippen molar-refractivity contribution in [3.63, 3.8) is 0 Å². The fourth-order valence-corrected chi connectivity index (χ4v) is 1.89. The molecule has 0 unspecified atom stereocenters. The predicted molar refractivity (Wildman–Crippen MR) is 77.8 cm³/mol. The van der Waals surface area contributed by atoms with Crippen LogP contribution in [-0.2, 0) is 6.42 Å². The van der Waals surface area contributed by atoms with E-state index < -0.39 is 0 Å². The van der Waals surface area contributed by atoms with Crippen molar-refractivity contribution in [2.24, 2.45) is 0 Å². The van der Waals surface area contributed by atoms with E-state index in [4.69, 9.17) is 16.3 Å². The average Bonchev–Trinajstić information content (AvgIpc) is 2.45. The molecule has 0 atom stereocenters. The van der Waals surface area contributed by atoms with Gasteiger partial charge in [-0.2, -0.15) is 0 Å². The Balaban J connectivity index is 1.59. The first kappa shape index (κ1) is 13.8. The number of para-hydroxylation sites is 1. The number of benzene rings is 1. The zero-order chi connectivity index (χ0) is 13.3. The van der Waals surface area contributed by atoms with Gasteiger partial charge in [-0.25, -0.2) is 0 Å². The monoisotopic (exact) mass is 276 g/mol. The van der Waals surface area contributed by atoms with Crippen molar-refractivity contribution in [3.05, 3.63) is 59.4 Å². The Morgan fingerprint density at radius 2 is 1.84 bits per heavy atom. The Hall–Kier alpha value is -1.58. The maximum Gasteiger partial charge on any atom is 0.137 e. The summed E-state index contributed by atoms with van der Waals surface area (Å²) >= 11 is 5.99. The van der Waals surface area contributed by atoms with E-state index in [1.165, 1.54) is 5.56 Å². The van der Waals surface area contributed by atoms with Gasteiger partial charge in [-0.1, -0.05) is 23.7 Å². The molecule has 0 spiro atoms. The van der Waals surface area contributed by atoms with Gasteiger partial charge in [0.05, 0.1) is 5.02 Å². The largest absolute Gasteiger partial charge is 0.491 e. The Morgan fingerprint density at radius 1 is 1.05 bits per heavy atom. The number of hydrogen-bond acceptors (Lipinski definition) is 3. The van der Waals surface area contributed by atoms with Crippen LogP contribution in [0.2, 0.25) is 5.02 Å². The quantitative estimate of drug-likeness (QED) is 0.790. The highest BCUT2D eigenvalue weighted by molar-refractivity contribution is 6.32. The number of halogens is 1. The average molecular weight is 277 g/mol. The van der Waals surface area contributed by atoms with Gasteiger partial charge in [0.2, 0.25) is 0 Å². The van der Waals surface area contributed by atoms with Crippen molar-refractivity contribution in [1.82, 2.24) is 10.3 Å². The first-order valence-electron chi connectivity index (χ1n) is 6.33. The molecule has 0 saturated heterocycles. The predicted octanol–water partition coefficient (Wildman–Crippen LogP) is 2.95. The van der Waals surface area contributed by atoms with E-state index in [0.717, 1.165) is 25.3 Å². The molecule has 1 aromatic carbocycles. The second kappa shape index (κ2) is 7.77. The fourth-order valence-electron chi connectivity index (χ4n) is 1.70. The van der Waals surface area contributed by atoms with Crippen LogP contribution in [0.3, 0.4) is 0 Å². The number of aromatic nitrogens is 1. The van der Waals surface area contributed by atoms with Crippen LogP contribution in [0.25, 0.3) is 0 Å². The van der Waals surface area contributed by atoms with Crippen molar-refractivity contribution in [3.8, 4) is 5.75 Å². The number of pyridine rings is 1. The summed E-state index contributed by atoms with van der Waals surface area (Å²) in [5.41, 5.74) is 1.29. The van der Waals surface area contributed by atoms with Crippen LogP contribution in [0, 0.1) is 0 Å². The summed E-state index contributed by atoms with van der Waals surface area (Å²) in [6.45, 7) is 2.34. The van der Waals surface area contributed by atoms with Crippen molar-refractivity contribution >= 4 is 11.6 Å². The highest BCUT2D eigenvalue weighted by Gasteiger charge is 1.98. The molecule has 2 aromatic rings. The van der Waals surface area contributed by atoms with Gasteiger partial charge >= 0.3 is 0 Å². The maximum atomic E-state index is 5.99. The highest BCUT2D eigenvalue weighted by Crippen LogP contribution is 2.22. The molecule has 1 heterocycles. The molecule has 0 saturated carbocycles. The minimum Gasteiger partial charge on any atom is -0.491 e. The van der Waals surface area contributed by atoms with Crippen LogP contribution >= 0.6 is 11.6 Å². The smallest absolute Gasteiger partial charge is 0.137 e. The summed E-state index contributed by atoms with van der Waals surface area (Å²) in [4.78, 5) is 3.99. The highest BCUT2D eigenvalue weighted by atomic mass is 35.5. The zero-order valence-corrected chi connectivity index (χ0v) is 11.4. The lowest BCUT2D eigenvalue weighted by Crippen LogP contribution is -2.23. The molecule has 3 nitrogen and oxygen atoms in total. The molecule has 1 aromatic heterocycles. The molecule has 19 heavy (non-hydrogen) atoms. The van der Waals surface area contributed by atoms with Crippen molar-refractivity contribution in [2.75, 3.05) is 19.7 Å². The summed E-state index contributed by atoms with van der Waals surface area (Å²) in [5.74, 6) is 0.736. The summed E-state index contributed by atoms with van der Waals surface area (Å²) in [7, 11) is 0. The number of nitrogens with zero attached hydrogens (tertiary/aromatic N) is 1. The van der Waals surface area contributed by atoms with Gasteiger partial charge < -0.3 is 10.1 Å². The molecule has 2 rings (SSSR count). The first-order chi connectivity index (χ1) is 9.36. The van der Waals surface area contributed by atoms with Crippen LogP contribution in [0.1, 0.15) is 5.56 Å². The fraction of sp³-hybridized carbons (Fsp3) is 0.267. The SMILES string of the molecule is Clc1ccccc1OCCNCCc1ccncc1. The second-order valence-corrected chi connectivity index (χ2v) is 4.54. The lowest BCUT2D eigenvalue weighted by Gasteiger charge is -2.08. The molecule has 0 fully saturated rings. The minimum atomic E-state index is 0.611. The van der Waals surface area contributed by atoms with E-state index in [1.807, 2.05) is 48.8 Å². The van der Waals surface area contributed by atoms with Gasteiger partial charge in [-0.3, -0.25) is 4.98 Å². The second-order valence-electron chi connectivity index (χ2n) is 4.13. The summed E-state index contributed by atoms with van der Waals surface area (Å²) in [6, 6.07) is 11.6. The Bertz CT molecular complexity index is 491. The summed E-state index contributed by atoms with van der Waals surface area (Å²) in [5, 5.41) is 3.99. The van der Waals surface area contributed by atoms with Crippen molar-refractivity contribution < 1.29 is 4.74 Å². The molecule has 100 valence electrons. The third-order valence-corrected chi connectivity index (χ3v) is 3.03.